The van der Waals surface area contributed by atoms with Gasteiger partial charge in [0.15, 0.2) is 5.82 Å². The number of hydrazine groups is 1. The predicted octanol–water partition coefficient (Wildman–Crippen LogP) is 1.98. The first-order valence-corrected chi connectivity index (χ1v) is 5.51. The van der Waals surface area contributed by atoms with Crippen LogP contribution in [-0.4, -0.2) is 15.0 Å². The highest BCUT2D eigenvalue weighted by atomic mass is 15.3. The Morgan fingerprint density at radius 1 is 0.944 bits per heavy atom. The van der Waals surface area contributed by atoms with E-state index in [4.69, 9.17) is 5.84 Å². The Morgan fingerprint density at radius 2 is 1.83 bits per heavy atom. The molecule has 0 saturated carbocycles. The second kappa shape index (κ2) is 4.38. The van der Waals surface area contributed by atoms with Crippen LogP contribution < -0.4 is 11.3 Å². The van der Waals surface area contributed by atoms with Gasteiger partial charge in [-0.2, -0.15) is 0 Å². The third-order valence-corrected chi connectivity index (χ3v) is 2.71. The van der Waals surface area contributed by atoms with Crippen LogP contribution in [0.25, 0.3) is 22.2 Å². The summed E-state index contributed by atoms with van der Waals surface area (Å²) < 4.78 is 0. The second-order valence-corrected chi connectivity index (χ2v) is 3.81. The highest BCUT2D eigenvalue weighted by Gasteiger charge is 2.07. The zero-order chi connectivity index (χ0) is 12.4. The fraction of sp³-hybridized carbons (Fsp3) is 0. The van der Waals surface area contributed by atoms with E-state index in [9.17, 15) is 0 Å². The Hall–Kier alpha value is -2.53. The van der Waals surface area contributed by atoms with Gasteiger partial charge in [0.05, 0.1) is 5.52 Å². The molecule has 5 heteroatoms. The normalized spacial score (nSPS) is 10.5. The van der Waals surface area contributed by atoms with Crippen molar-refractivity contribution in [3.05, 3.63) is 48.9 Å². The van der Waals surface area contributed by atoms with E-state index in [1.165, 1.54) is 0 Å². The van der Waals surface area contributed by atoms with Crippen molar-refractivity contribution in [2.75, 3.05) is 5.43 Å². The van der Waals surface area contributed by atoms with Crippen molar-refractivity contribution in [2.24, 2.45) is 5.84 Å². The molecule has 0 unspecified atom stereocenters. The number of hydrogen-bond donors (Lipinski definition) is 2. The lowest BCUT2D eigenvalue weighted by atomic mass is 10.1. The summed E-state index contributed by atoms with van der Waals surface area (Å²) in [5, 5.41) is 1.06. The Kier molecular flexibility index (Phi) is 2.59. The maximum Gasteiger partial charge on any atom is 0.166 e. The minimum Gasteiger partial charge on any atom is -0.307 e. The fourth-order valence-electron chi connectivity index (χ4n) is 1.88. The van der Waals surface area contributed by atoms with E-state index in [0.717, 1.165) is 22.2 Å². The van der Waals surface area contributed by atoms with E-state index in [1.54, 1.807) is 18.6 Å². The summed E-state index contributed by atoms with van der Waals surface area (Å²) in [6.07, 6.45) is 5.02. The number of hydrogen-bond acceptors (Lipinski definition) is 5. The average molecular weight is 237 g/mol. The lowest BCUT2D eigenvalue weighted by Crippen LogP contribution is -2.10. The molecule has 5 nitrogen and oxygen atoms in total. The van der Waals surface area contributed by atoms with Crippen molar-refractivity contribution >= 4 is 16.7 Å². The number of nitrogen functional groups attached to an aromatic ring is 1. The SMILES string of the molecule is NNc1nccnc1-c1ccc2ncccc2c1. The van der Waals surface area contributed by atoms with Gasteiger partial charge in [-0.1, -0.05) is 12.1 Å². The van der Waals surface area contributed by atoms with Crippen molar-refractivity contribution in [1.82, 2.24) is 15.0 Å². The number of benzene rings is 1. The molecule has 0 aliphatic carbocycles. The van der Waals surface area contributed by atoms with Crippen molar-refractivity contribution in [3.63, 3.8) is 0 Å². The molecule has 3 aromatic rings. The molecule has 1 aromatic carbocycles. The Balaban J connectivity index is 2.19. The van der Waals surface area contributed by atoms with Crippen LogP contribution in [-0.2, 0) is 0 Å². The molecule has 0 fully saturated rings. The number of fused-ring (bicyclic) bond motifs is 1. The molecule has 18 heavy (non-hydrogen) atoms. The van der Waals surface area contributed by atoms with Crippen molar-refractivity contribution in [2.45, 2.75) is 0 Å². The Labute approximate surface area is 104 Å². The molecule has 0 radical (unpaired) electrons. The molecule has 0 spiro atoms. The van der Waals surface area contributed by atoms with Crippen LogP contribution in [0.15, 0.2) is 48.9 Å². The monoisotopic (exact) mass is 237 g/mol. The van der Waals surface area contributed by atoms with Crippen molar-refractivity contribution < 1.29 is 0 Å². The van der Waals surface area contributed by atoms with Gasteiger partial charge in [-0.05, 0) is 18.2 Å². The predicted molar refractivity (Wildman–Crippen MR) is 70.6 cm³/mol. The smallest absolute Gasteiger partial charge is 0.166 e. The van der Waals surface area contributed by atoms with E-state index in [2.05, 4.69) is 20.4 Å². The number of anilines is 1. The fourth-order valence-corrected chi connectivity index (χ4v) is 1.88. The first-order chi connectivity index (χ1) is 8.88. The molecule has 88 valence electrons. The standard InChI is InChI=1S/C13H11N5/c14-18-13-12(16-6-7-17-13)10-3-4-11-9(8-10)2-1-5-15-11/h1-8H,14H2,(H,17,18). The van der Waals surface area contributed by atoms with E-state index in [1.807, 2.05) is 30.3 Å². The first kappa shape index (κ1) is 10.6. The van der Waals surface area contributed by atoms with Crippen LogP contribution in [0.5, 0.6) is 0 Å². The molecule has 0 bridgehead atoms. The number of rotatable bonds is 2. The molecule has 0 aliphatic rings. The lowest BCUT2D eigenvalue weighted by molar-refractivity contribution is 1.16. The van der Waals surface area contributed by atoms with E-state index in [-0.39, 0.29) is 0 Å². The van der Waals surface area contributed by atoms with Gasteiger partial charge >= 0.3 is 0 Å². The van der Waals surface area contributed by atoms with Crippen LogP contribution in [0.2, 0.25) is 0 Å². The van der Waals surface area contributed by atoms with Gasteiger partial charge < -0.3 is 5.43 Å². The van der Waals surface area contributed by atoms with Crippen LogP contribution in [0.1, 0.15) is 0 Å². The molecular weight excluding hydrogens is 226 g/mol. The molecule has 2 heterocycles. The Bertz CT molecular complexity index is 696. The average Bonchev–Trinajstić information content (AvgIpc) is 2.46. The van der Waals surface area contributed by atoms with Gasteiger partial charge in [-0.15, -0.1) is 0 Å². The largest absolute Gasteiger partial charge is 0.307 e. The molecule has 3 N–H and O–H groups in total. The van der Waals surface area contributed by atoms with Gasteiger partial charge in [-0.3, -0.25) is 9.97 Å². The summed E-state index contributed by atoms with van der Waals surface area (Å²) >= 11 is 0. The quantitative estimate of drug-likeness (QED) is 0.526. The molecular formula is C13H11N5. The highest BCUT2D eigenvalue weighted by Crippen LogP contribution is 2.25. The number of nitrogens with zero attached hydrogens (tertiary/aromatic N) is 3. The zero-order valence-electron chi connectivity index (χ0n) is 9.54. The van der Waals surface area contributed by atoms with Gasteiger partial charge in [0.25, 0.3) is 0 Å². The number of pyridine rings is 1. The third kappa shape index (κ3) is 1.76. The van der Waals surface area contributed by atoms with E-state index >= 15 is 0 Å². The van der Waals surface area contributed by atoms with Crippen molar-refractivity contribution in [3.8, 4) is 11.3 Å². The maximum absolute atomic E-state index is 5.44. The lowest BCUT2D eigenvalue weighted by Gasteiger charge is -2.07. The third-order valence-electron chi connectivity index (χ3n) is 2.71. The Morgan fingerprint density at radius 3 is 2.72 bits per heavy atom. The van der Waals surface area contributed by atoms with E-state index < -0.39 is 0 Å². The van der Waals surface area contributed by atoms with Crippen LogP contribution in [0.4, 0.5) is 5.82 Å². The van der Waals surface area contributed by atoms with Crippen molar-refractivity contribution in [1.29, 1.82) is 0 Å². The molecule has 0 aliphatic heterocycles. The summed E-state index contributed by atoms with van der Waals surface area (Å²) in [5.41, 5.74) is 5.19. The zero-order valence-corrected chi connectivity index (χ0v) is 9.54. The van der Waals surface area contributed by atoms with E-state index in [0.29, 0.717) is 5.82 Å². The molecule has 0 atom stereocenters. The first-order valence-electron chi connectivity index (χ1n) is 5.51. The van der Waals surface area contributed by atoms with Crippen LogP contribution in [0, 0.1) is 0 Å². The number of nitrogens with one attached hydrogen (secondary N) is 1. The summed E-state index contributed by atoms with van der Waals surface area (Å²) in [6.45, 7) is 0. The summed E-state index contributed by atoms with van der Waals surface area (Å²) in [4.78, 5) is 12.7. The molecule has 2 aromatic heterocycles. The highest BCUT2D eigenvalue weighted by molar-refractivity contribution is 5.85. The summed E-state index contributed by atoms with van der Waals surface area (Å²) in [5.74, 6) is 5.99. The molecule has 0 saturated heterocycles. The van der Waals surface area contributed by atoms with Gasteiger partial charge in [0.2, 0.25) is 0 Å². The van der Waals surface area contributed by atoms with Crippen LogP contribution >= 0.6 is 0 Å². The number of aromatic nitrogens is 3. The number of nitrogens with two attached hydrogens (primary N) is 1. The van der Waals surface area contributed by atoms with Gasteiger partial charge in [-0.25, -0.2) is 10.8 Å². The van der Waals surface area contributed by atoms with Gasteiger partial charge in [0.1, 0.15) is 5.69 Å². The summed E-state index contributed by atoms with van der Waals surface area (Å²) in [7, 11) is 0. The van der Waals surface area contributed by atoms with Gasteiger partial charge in [0, 0.05) is 29.5 Å². The minimum absolute atomic E-state index is 0.556. The maximum atomic E-state index is 5.44. The topological polar surface area (TPSA) is 76.7 Å². The molecule has 0 amide bonds. The second-order valence-electron chi connectivity index (χ2n) is 3.81. The minimum atomic E-state index is 0.556. The molecule has 3 rings (SSSR count). The summed E-state index contributed by atoms with van der Waals surface area (Å²) in [6, 6.07) is 9.86. The van der Waals surface area contributed by atoms with Crippen LogP contribution in [0.3, 0.4) is 0 Å².